The zero-order valence-corrected chi connectivity index (χ0v) is 10.6. The highest BCUT2D eigenvalue weighted by atomic mass is 32.2. The van der Waals surface area contributed by atoms with Crippen molar-refractivity contribution in [3.8, 4) is 0 Å². The van der Waals surface area contributed by atoms with Crippen molar-refractivity contribution in [3.05, 3.63) is 0 Å². The summed E-state index contributed by atoms with van der Waals surface area (Å²) in [7, 11) is -3.35. The number of nitrogens with one attached hydrogen (secondary N) is 1. The highest BCUT2D eigenvalue weighted by molar-refractivity contribution is 7.89. The molecule has 2 unspecified atom stereocenters. The molecule has 0 aromatic heterocycles. The van der Waals surface area contributed by atoms with Crippen LogP contribution in [-0.2, 0) is 10.0 Å². The zero-order valence-electron chi connectivity index (χ0n) is 9.78. The first-order chi connectivity index (χ1) is 7.39. The Morgan fingerprint density at radius 2 is 2.31 bits per heavy atom. The second kappa shape index (κ2) is 4.25. The van der Waals surface area contributed by atoms with Gasteiger partial charge in [0.1, 0.15) is 0 Å². The van der Waals surface area contributed by atoms with Gasteiger partial charge in [-0.05, 0) is 31.3 Å². The molecule has 2 heterocycles. The summed E-state index contributed by atoms with van der Waals surface area (Å²) in [5, 5.41) is 8.18. The van der Waals surface area contributed by atoms with Crippen molar-refractivity contribution in [3.63, 3.8) is 0 Å². The van der Waals surface area contributed by atoms with E-state index in [1.165, 1.54) is 6.42 Å². The van der Waals surface area contributed by atoms with Crippen molar-refractivity contribution in [2.45, 2.75) is 25.0 Å². The monoisotopic (exact) mass is 247 g/mol. The van der Waals surface area contributed by atoms with Crippen LogP contribution in [-0.4, -0.2) is 51.3 Å². The van der Waals surface area contributed by atoms with E-state index in [2.05, 4.69) is 17.1 Å². The predicted molar refractivity (Wildman–Crippen MR) is 63.5 cm³/mol. The van der Waals surface area contributed by atoms with Crippen LogP contribution >= 0.6 is 0 Å². The van der Waals surface area contributed by atoms with Gasteiger partial charge < -0.3 is 10.2 Å². The second-order valence-corrected chi connectivity index (χ2v) is 7.32. The number of nitrogens with two attached hydrogens (primary N) is 1. The number of nitrogens with zero attached hydrogens (tertiary/aromatic N) is 1. The number of likely N-dealkylation sites (tertiary alicyclic amines) is 1. The summed E-state index contributed by atoms with van der Waals surface area (Å²) in [6.07, 6.45) is 1.85. The summed E-state index contributed by atoms with van der Waals surface area (Å²) in [4.78, 5) is 2.24. The molecule has 94 valence electrons. The van der Waals surface area contributed by atoms with E-state index in [9.17, 15) is 8.42 Å². The molecular weight excluding hydrogens is 226 g/mol. The molecule has 0 bridgehead atoms. The van der Waals surface area contributed by atoms with Crippen LogP contribution in [0.2, 0.25) is 0 Å². The van der Waals surface area contributed by atoms with Gasteiger partial charge in [0.2, 0.25) is 10.0 Å². The molecule has 0 aromatic carbocycles. The topological polar surface area (TPSA) is 75.4 Å². The minimum Gasteiger partial charge on any atom is -0.316 e. The van der Waals surface area contributed by atoms with Crippen LogP contribution in [0.15, 0.2) is 0 Å². The molecule has 0 spiro atoms. The van der Waals surface area contributed by atoms with Crippen LogP contribution in [0.4, 0.5) is 0 Å². The Kier molecular flexibility index (Phi) is 3.27. The Morgan fingerprint density at radius 1 is 1.56 bits per heavy atom. The van der Waals surface area contributed by atoms with Gasteiger partial charge in [0.15, 0.2) is 0 Å². The minimum atomic E-state index is -3.35. The average Bonchev–Trinajstić information content (AvgIpc) is 2.74. The standard InChI is InChI=1S/C10H21N3O2S/c1-10(3-4-12-7-10)8-13-5-2-9(6-13)16(11,14)15/h9,12H,2-8H2,1H3,(H2,11,14,15). The lowest BCUT2D eigenvalue weighted by molar-refractivity contribution is 0.209. The maximum atomic E-state index is 11.2. The second-order valence-electron chi connectivity index (χ2n) is 5.47. The van der Waals surface area contributed by atoms with E-state index < -0.39 is 10.0 Å². The van der Waals surface area contributed by atoms with Gasteiger partial charge in [0.25, 0.3) is 0 Å². The summed E-state index contributed by atoms with van der Waals surface area (Å²) in [5.41, 5.74) is 0.299. The minimum absolute atomic E-state index is 0.299. The third-order valence-electron chi connectivity index (χ3n) is 3.76. The van der Waals surface area contributed by atoms with Gasteiger partial charge >= 0.3 is 0 Å². The van der Waals surface area contributed by atoms with E-state index in [1.807, 2.05) is 0 Å². The fourth-order valence-corrected chi connectivity index (χ4v) is 3.60. The van der Waals surface area contributed by atoms with Gasteiger partial charge in [-0.1, -0.05) is 6.92 Å². The Balaban J connectivity index is 1.90. The lowest BCUT2D eigenvalue weighted by atomic mass is 9.89. The lowest BCUT2D eigenvalue weighted by Crippen LogP contribution is -2.38. The van der Waals surface area contributed by atoms with Crippen molar-refractivity contribution < 1.29 is 8.42 Å². The normalized spacial score (nSPS) is 37.0. The van der Waals surface area contributed by atoms with Gasteiger partial charge in [-0.3, -0.25) is 0 Å². The largest absolute Gasteiger partial charge is 0.316 e. The molecule has 16 heavy (non-hydrogen) atoms. The van der Waals surface area contributed by atoms with E-state index in [-0.39, 0.29) is 5.25 Å². The van der Waals surface area contributed by atoms with E-state index in [4.69, 9.17) is 5.14 Å². The number of hydrogen-bond donors (Lipinski definition) is 2. The average molecular weight is 247 g/mol. The number of rotatable bonds is 3. The van der Waals surface area contributed by atoms with E-state index in [1.54, 1.807) is 0 Å². The molecule has 2 rings (SSSR count). The molecule has 0 amide bonds. The summed E-state index contributed by atoms with van der Waals surface area (Å²) < 4.78 is 22.5. The SMILES string of the molecule is CC1(CN2CCC(S(N)(=O)=O)C2)CCNC1. The van der Waals surface area contributed by atoms with Crippen LogP contribution in [0.1, 0.15) is 19.8 Å². The zero-order chi connectivity index (χ0) is 11.8. The molecule has 2 fully saturated rings. The van der Waals surface area contributed by atoms with Crippen molar-refractivity contribution in [2.75, 3.05) is 32.7 Å². The molecule has 6 heteroatoms. The maximum Gasteiger partial charge on any atom is 0.213 e. The smallest absolute Gasteiger partial charge is 0.213 e. The first-order valence-electron chi connectivity index (χ1n) is 5.84. The molecule has 0 radical (unpaired) electrons. The lowest BCUT2D eigenvalue weighted by Gasteiger charge is -2.28. The highest BCUT2D eigenvalue weighted by Gasteiger charge is 2.36. The fraction of sp³-hybridized carbons (Fsp3) is 1.00. The molecule has 5 nitrogen and oxygen atoms in total. The van der Waals surface area contributed by atoms with Crippen LogP contribution in [0, 0.1) is 5.41 Å². The number of hydrogen-bond acceptors (Lipinski definition) is 4. The van der Waals surface area contributed by atoms with Gasteiger partial charge in [0, 0.05) is 19.6 Å². The quantitative estimate of drug-likeness (QED) is 0.695. The third-order valence-corrected chi connectivity index (χ3v) is 5.07. The third kappa shape index (κ3) is 2.74. The van der Waals surface area contributed by atoms with Gasteiger partial charge in [-0.2, -0.15) is 0 Å². The molecule has 0 aromatic rings. The molecule has 0 saturated carbocycles. The molecule has 0 aliphatic carbocycles. The Labute approximate surface area is 97.4 Å². The van der Waals surface area contributed by atoms with Gasteiger partial charge in [-0.25, -0.2) is 13.6 Å². The fourth-order valence-electron chi connectivity index (χ4n) is 2.75. The van der Waals surface area contributed by atoms with Crippen molar-refractivity contribution in [1.82, 2.24) is 10.2 Å². The van der Waals surface area contributed by atoms with Crippen molar-refractivity contribution >= 4 is 10.0 Å². The van der Waals surface area contributed by atoms with Crippen LogP contribution in [0.3, 0.4) is 0 Å². The van der Waals surface area contributed by atoms with E-state index in [0.717, 1.165) is 26.2 Å². The molecule has 2 aliphatic rings. The maximum absolute atomic E-state index is 11.2. The first-order valence-corrected chi connectivity index (χ1v) is 7.45. The molecule has 3 N–H and O–H groups in total. The van der Waals surface area contributed by atoms with Crippen LogP contribution in [0.5, 0.6) is 0 Å². The molecule has 2 atom stereocenters. The molecule has 2 saturated heterocycles. The molecule has 2 aliphatic heterocycles. The highest BCUT2D eigenvalue weighted by Crippen LogP contribution is 2.28. The summed E-state index contributed by atoms with van der Waals surface area (Å²) in [6, 6.07) is 0. The van der Waals surface area contributed by atoms with Gasteiger partial charge in [0.05, 0.1) is 5.25 Å². The summed E-state index contributed by atoms with van der Waals surface area (Å²) in [6.45, 7) is 6.81. The Morgan fingerprint density at radius 3 is 2.81 bits per heavy atom. The van der Waals surface area contributed by atoms with Crippen molar-refractivity contribution in [2.24, 2.45) is 10.6 Å². The summed E-state index contributed by atoms with van der Waals surface area (Å²) in [5.74, 6) is 0. The molecular formula is C10H21N3O2S. The number of primary sulfonamides is 1. The van der Waals surface area contributed by atoms with Gasteiger partial charge in [-0.15, -0.1) is 0 Å². The van der Waals surface area contributed by atoms with E-state index in [0.29, 0.717) is 18.4 Å². The number of sulfonamides is 1. The predicted octanol–water partition coefficient (Wildman–Crippen LogP) is -0.651. The van der Waals surface area contributed by atoms with Crippen LogP contribution in [0.25, 0.3) is 0 Å². The van der Waals surface area contributed by atoms with E-state index >= 15 is 0 Å². The van der Waals surface area contributed by atoms with Crippen molar-refractivity contribution in [1.29, 1.82) is 0 Å². The first kappa shape index (κ1) is 12.3. The Bertz CT molecular complexity index is 349. The Hall–Kier alpha value is -0.170. The summed E-state index contributed by atoms with van der Waals surface area (Å²) >= 11 is 0. The van der Waals surface area contributed by atoms with Crippen LogP contribution < -0.4 is 10.5 Å².